The first-order valence-corrected chi connectivity index (χ1v) is 8.06. The van der Waals surface area contributed by atoms with Crippen LogP contribution in [-0.2, 0) is 6.54 Å². The summed E-state index contributed by atoms with van der Waals surface area (Å²) in [4.78, 5) is 17.3. The van der Waals surface area contributed by atoms with Gasteiger partial charge in [0.15, 0.2) is 11.6 Å². The molecule has 0 saturated carbocycles. The molecule has 2 N–H and O–H groups in total. The zero-order valence-electron chi connectivity index (χ0n) is 14.2. The second-order valence-electron chi connectivity index (χ2n) is 5.69. The lowest BCUT2D eigenvalue weighted by Gasteiger charge is -2.21. The summed E-state index contributed by atoms with van der Waals surface area (Å²) in [5.74, 6) is -0.369. The Hall–Kier alpha value is -3.02. The zero-order chi connectivity index (χ0) is 17.8. The molecule has 0 radical (unpaired) electrons. The highest BCUT2D eigenvalue weighted by molar-refractivity contribution is 5.89. The van der Waals surface area contributed by atoms with Gasteiger partial charge in [0.2, 0.25) is 0 Å². The van der Waals surface area contributed by atoms with Crippen molar-refractivity contribution in [3.05, 3.63) is 60.0 Å². The number of rotatable bonds is 5. The van der Waals surface area contributed by atoms with E-state index in [1.165, 1.54) is 19.2 Å². The number of hydrogen-bond acceptors (Lipinski definition) is 2. The minimum Gasteiger partial charge on any atom is -0.494 e. The number of carbonyl (C=O) groups is 1. The van der Waals surface area contributed by atoms with Gasteiger partial charge in [-0.15, -0.1) is 0 Å². The predicted molar refractivity (Wildman–Crippen MR) is 96.4 cm³/mol. The van der Waals surface area contributed by atoms with E-state index >= 15 is 0 Å². The number of urea groups is 1. The number of hydrogen-bond donors (Lipinski definition) is 2. The Labute approximate surface area is 145 Å². The van der Waals surface area contributed by atoms with E-state index in [9.17, 15) is 9.18 Å². The molecule has 3 aromatic rings. The van der Waals surface area contributed by atoms with E-state index in [2.05, 4.69) is 16.4 Å². The van der Waals surface area contributed by atoms with Crippen molar-refractivity contribution >= 4 is 22.6 Å². The molecule has 130 valence electrons. The summed E-state index contributed by atoms with van der Waals surface area (Å²) < 4.78 is 18.6. The maximum absolute atomic E-state index is 13.8. The van der Waals surface area contributed by atoms with Gasteiger partial charge in [0.25, 0.3) is 0 Å². The van der Waals surface area contributed by atoms with E-state index in [4.69, 9.17) is 4.74 Å². The van der Waals surface area contributed by atoms with Gasteiger partial charge in [0.1, 0.15) is 0 Å². The second kappa shape index (κ2) is 7.25. The van der Waals surface area contributed by atoms with Crippen LogP contribution in [0.1, 0.15) is 12.5 Å². The van der Waals surface area contributed by atoms with Crippen molar-refractivity contribution in [2.24, 2.45) is 0 Å². The molecule has 0 aliphatic rings. The molecule has 0 spiro atoms. The minimum absolute atomic E-state index is 0.144. The number of amides is 2. The van der Waals surface area contributed by atoms with Gasteiger partial charge in [-0.25, -0.2) is 9.18 Å². The molecule has 1 heterocycles. The molecule has 6 heteroatoms. The van der Waals surface area contributed by atoms with E-state index in [-0.39, 0.29) is 11.8 Å². The van der Waals surface area contributed by atoms with Gasteiger partial charge in [-0.3, -0.25) is 0 Å². The Morgan fingerprint density at radius 2 is 2.08 bits per heavy atom. The molecule has 0 bridgehead atoms. The standard InChI is InChI=1S/C19H20FN3O2/c1-3-23(12-13-4-6-17-14(10-13)8-9-21-17)19(24)22-15-5-7-18(25-2)16(20)11-15/h4-11,21H,3,12H2,1-2H3,(H,22,24). The third-order valence-corrected chi connectivity index (χ3v) is 4.06. The zero-order valence-corrected chi connectivity index (χ0v) is 14.2. The minimum atomic E-state index is -0.513. The van der Waals surface area contributed by atoms with Gasteiger partial charge in [-0.05, 0) is 48.2 Å². The Bertz CT molecular complexity index is 891. The molecule has 2 aromatic carbocycles. The summed E-state index contributed by atoms with van der Waals surface area (Å²) in [7, 11) is 1.40. The monoisotopic (exact) mass is 341 g/mol. The largest absolute Gasteiger partial charge is 0.494 e. The number of anilines is 1. The molecule has 5 nitrogen and oxygen atoms in total. The fourth-order valence-electron chi connectivity index (χ4n) is 2.70. The maximum Gasteiger partial charge on any atom is 0.322 e. The number of nitrogens with one attached hydrogen (secondary N) is 2. The third-order valence-electron chi connectivity index (χ3n) is 4.06. The van der Waals surface area contributed by atoms with Crippen LogP contribution < -0.4 is 10.1 Å². The first-order valence-electron chi connectivity index (χ1n) is 8.06. The van der Waals surface area contributed by atoms with Crippen molar-refractivity contribution in [2.75, 3.05) is 19.0 Å². The van der Waals surface area contributed by atoms with E-state index in [0.717, 1.165) is 16.5 Å². The van der Waals surface area contributed by atoms with E-state index in [1.54, 1.807) is 11.0 Å². The van der Waals surface area contributed by atoms with Crippen molar-refractivity contribution in [2.45, 2.75) is 13.5 Å². The summed E-state index contributed by atoms with van der Waals surface area (Å²) in [5.41, 5.74) is 2.48. The number of methoxy groups -OCH3 is 1. The quantitative estimate of drug-likeness (QED) is 0.724. The number of aromatic amines is 1. The molecule has 25 heavy (non-hydrogen) atoms. The van der Waals surface area contributed by atoms with Crippen LogP contribution in [0.15, 0.2) is 48.7 Å². The number of benzene rings is 2. The van der Waals surface area contributed by atoms with Crippen molar-refractivity contribution in [3.8, 4) is 5.75 Å². The fraction of sp³-hybridized carbons (Fsp3) is 0.211. The van der Waals surface area contributed by atoms with Gasteiger partial charge in [0.05, 0.1) is 7.11 Å². The first-order chi connectivity index (χ1) is 12.1. The van der Waals surface area contributed by atoms with Gasteiger partial charge in [-0.1, -0.05) is 6.07 Å². The topological polar surface area (TPSA) is 57.4 Å². The third kappa shape index (κ3) is 3.74. The lowest BCUT2D eigenvalue weighted by Crippen LogP contribution is -2.34. The average Bonchev–Trinajstić information content (AvgIpc) is 3.07. The first kappa shape index (κ1) is 16.8. The van der Waals surface area contributed by atoms with Crippen molar-refractivity contribution in [1.82, 2.24) is 9.88 Å². The number of nitrogens with zero attached hydrogens (tertiary/aromatic N) is 1. The Morgan fingerprint density at radius 3 is 2.80 bits per heavy atom. The normalized spacial score (nSPS) is 10.7. The van der Waals surface area contributed by atoms with Crippen molar-refractivity contribution in [3.63, 3.8) is 0 Å². The van der Waals surface area contributed by atoms with Crippen molar-refractivity contribution in [1.29, 1.82) is 0 Å². The SMILES string of the molecule is CCN(Cc1ccc2[nH]ccc2c1)C(=O)Nc1ccc(OC)c(F)c1. The van der Waals surface area contributed by atoms with Crippen LogP contribution in [0, 0.1) is 5.82 Å². The molecular weight excluding hydrogens is 321 g/mol. The second-order valence-corrected chi connectivity index (χ2v) is 5.69. The molecule has 0 unspecified atom stereocenters. The van der Waals surface area contributed by atoms with Gasteiger partial charge in [-0.2, -0.15) is 0 Å². The van der Waals surface area contributed by atoms with Gasteiger partial charge < -0.3 is 19.9 Å². The van der Waals surface area contributed by atoms with E-state index < -0.39 is 5.82 Å². The Kier molecular flexibility index (Phi) is 4.88. The van der Waals surface area contributed by atoms with Crippen LogP contribution in [0.3, 0.4) is 0 Å². The van der Waals surface area contributed by atoms with Gasteiger partial charge >= 0.3 is 6.03 Å². The molecule has 2 amide bonds. The molecule has 0 atom stereocenters. The summed E-state index contributed by atoms with van der Waals surface area (Å²) >= 11 is 0. The van der Waals surface area contributed by atoms with Crippen LogP contribution >= 0.6 is 0 Å². The van der Waals surface area contributed by atoms with E-state index in [1.807, 2.05) is 31.3 Å². The molecule has 3 rings (SSSR count). The predicted octanol–water partition coefficient (Wildman–Crippen LogP) is 4.37. The van der Waals surface area contributed by atoms with Crippen LogP contribution in [0.25, 0.3) is 10.9 Å². The number of ether oxygens (including phenoxy) is 1. The number of halogens is 1. The van der Waals surface area contributed by atoms with Crippen LogP contribution in [0.5, 0.6) is 5.75 Å². The van der Waals surface area contributed by atoms with Crippen molar-refractivity contribution < 1.29 is 13.9 Å². The summed E-state index contributed by atoms with van der Waals surface area (Å²) in [5, 5.41) is 3.83. The maximum atomic E-state index is 13.8. The molecule has 1 aromatic heterocycles. The summed E-state index contributed by atoms with van der Waals surface area (Å²) in [6, 6.07) is 12.1. The van der Waals surface area contributed by atoms with Gasteiger partial charge in [0, 0.05) is 36.6 Å². The summed E-state index contributed by atoms with van der Waals surface area (Å²) in [6.45, 7) is 2.92. The smallest absolute Gasteiger partial charge is 0.322 e. The highest BCUT2D eigenvalue weighted by Gasteiger charge is 2.14. The summed E-state index contributed by atoms with van der Waals surface area (Å²) in [6.07, 6.45) is 1.89. The molecule has 0 fully saturated rings. The number of fused-ring (bicyclic) bond motifs is 1. The van der Waals surface area contributed by atoms with Crippen LogP contribution in [0.4, 0.5) is 14.9 Å². The molecular formula is C19H20FN3O2. The Morgan fingerprint density at radius 1 is 1.24 bits per heavy atom. The van der Waals surface area contributed by atoms with Crippen LogP contribution in [0.2, 0.25) is 0 Å². The lowest BCUT2D eigenvalue weighted by molar-refractivity contribution is 0.212. The fourth-order valence-corrected chi connectivity index (χ4v) is 2.70. The average molecular weight is 341 g/mol. The Balaban J connectivity index is 1.71. The molecule has 0 aliphatic heterocycles. The van der Waals surface area contributed by atoms with E-state index in [0.29, 0.717) is 18.8 Å². The highest BCUT2D eigenvalue weighted by Crippen LogP contribution is 2.21. The molecule has 0 aliphatic carbocycles. The lowest BCUT2D eigenvalue weighted by atomic mass is 10.1. The van der Waals surface area contributed by atoms with Crippen LogP contribution in [-0.4, -0.2) is 29.6 Å². The number of carbonyl (C=O) groups excluding carboxylic acids is 1. The molecule has 0 saturated heterocycles. The highest BCUT2D eigenvalue weighted by atomic mass is 19.1. The number of aromatic nitrogens is 1. The number of H-pyrrole nitrogens is 1.